The van der Waals surface area contributed by atoms with Gasteiger partial charge in [-0.25, -0.2) is 4.79 Å². The molecular weight excluding hydrogens is 360 g/mol. The summed E-state index contributed by atoms with van der Waals surface area (Å²) in [5.74, 6) is -0.391. The maximum Gasteiger partial charge on any atom is 0.344 e. The third-order valence-electron chi connectivity index (χ3n) is 3.10. The van der Waals surface area contributed by atoms with Gasteiger partial charge in [-0.1, -0.05) is 37.6 Å². The number of unbranched alkanes of at least 4 members (excludes halogenated alkanes) is 1. The monoisotopic (exact) mass is 376 g/mol. The summed E-state index contributed by atoms with van der Waals surface area (Å²) in [6, 6.07) is 13.6. The minimum absolute atomic E-state index is 0.220. The van der Waals surface area contributed by atoms with E-state index in [1.54, 1.807) is 42.5 Å². The second-order valence-electron chi connectivity index (χ2n) is 4.89. The van der Waals surface area contributed by atoms with Gasteiger partial charge in [-0.15, -0.1) is 0 Å². The first-order valence-electron chi connectivity index (χ1n) is 7.38. The van der Waals surface area contributed by atoms with Crippen molar-refractivity contribution in [1.82, 2.24) is 0 Å². The zero-order chi connectivity index (χ0) is 16.7. The number of carbonyl (C=O) groups excluding carboxylic acids is 2. The highest BCUT2D eigenvalue weighted by Gasteiger charge is 2.16. The number of hydrogen-bond donors (Lipinski definition) is 0. The molecule has 0 amide bonds. The minimum atomic E-state index is -0.519. The molecule has 0 spiro atoms. The van der Waals surface area contributed by atoms with Gasteiger partial charge in [0.15, 0.2) is 11.5 Å². The van der Waals surface area contributed by atoms with Crippen LogP contribution in [0, 0.1) is 0 Å². The smallest absolute Gasteiger partial charge is 0.344 e. The highest BCUT2D eigenvalue weighted by atomic mass is 79.9. The molecule has 0 unspecified atom stereocenters. The Morgan fingerprint density at radius 2 is 1.57 bits per heavy atom. The van der Waals surface area contributed by atoms with Crippen LogP contribution in [0.1, 0.15) is 36.5 Å². The molecule has 5 heteroatoms. The summed E-state index contributed by atoms with van der Waals surface area (Å²) in [6.07, 6.45) is 2.01. The van der Waals surface area contributed by atoms with Gasteiger partial charge in [0.25, 0.3) is 0 Å². The number of para-hydroxylation sites is 2. The highest BCUT2D eigenvalue weighted by Crippen LogP contribution is 2.28. The molecule has 0 aliphatic rings. The van der Waals surface area contributed by atoms with Gasteiger partial charge in [-0.2, -0.15) is 0 Å². The lowest BCUT2D eigenvalue weighted by Crippen LogP contribution is -2.12. The number of ether oxygens (including phenoxy) is 2. The van der Waals surface area contributed by atoms with Gasteiger partial charge < -0.3 is 9.47 Å². The largest absolute Gasteiger partial charge is 0.423 e. The van der Waals surface area contributed by atoms with Crippen LogP contribution >= 0.6 is 15.9 Å². The molecule has 0 atom stereocenters. The van der Waals surface area contributed by atoms with Crippen LogP contribution in [0.15, 0.2) is 53.0 Å². The fourth-order valence-electron chi connectivity index (χ4n) is 1.90. The molecule has 0 aliphatic carbocycles. The fourth-order valence-corrected chi connectivity index (χ4v) is 2.34. The molecule has 0 bridgehead atoms. The molecule has 2 aromatic rings. The average Bonchev–Trinajstić information content (AvgIpc) is 2.55. The molecule has 0 aliphatic heterocycles. The number of benzene rings is 2. The Labute approximate surface area is 143 Å². The van der Waals surface area contributed by atoms with Crippen LogP contribution in [0.5, 0.6) is 11.5 Å². The molecule has 23 heavy (non-hydrogen) atoms. The Kier molecular flexibility index (Phi) is 6.35. The van der Waals surface area contributed by atoms with Crippen LogP contribution in [0.4, 0.5) is 0 Å². The van der Waals surface area contributed by atoms with E-state index in [0.29, 0.717) is 16.5 Å². The van der Waals surface area contributed by atoms with Crippen molar-refractivity contribution in [2.75, 3.05) is 0 Å². The van der Waals surface area contributed by atoms with Gasteiger partial charge in [0.05, 0.1) is 5.56 Å². The number of halogens is 1. The Balaban J connectivity index is 2.13. The van der Waals surface area contributed by atoms with Crippen LogP contribution < -0.4 is 9.47 Å². The lowest BCUT2D eigenvalue weighted by molar-refractivity contribution is -0.134. The van der Waals surface area contributed by atoms with Crippen LogP contribution in [-0.4, -0.2) is 11.9 Å². The van der Waals surface area contributed by atoms with E-state index in [0.717, 1.165) is 12.8 Å². The molecule has 0 radical (unpaired) electrons. The molecule has 2 aromatic carbocycles. The zero-order valence-corrected chi connectivity index (χ0v) is 14.3. The molecule has 0 aromatic heterocycles. The maximum atomic E-state index is 12.3. The van der Waals surface area contributed by atoms with E-state index in [9.17, 15) is 9.59 Å². The van der Waals surface area contributed by atoms with Crippen molar-refractivity contribution in [3.63, 3.8) is 0 Å². The Morgan fingerprint density at radius 1 is 0.957 bits per heavy atom. The third kappa shape index (κ3) is 4.93. The first kappa shape index (κ1) is 17.2. The van der Waals surface area contributed by atoms with Crippen molar-refractivity contribution in [3.05, 3.63) is 58.6 Å². The molecule has 120 valence electrons. The Hall–Kier alpha value is -2.14. The predicted octanol–water partition coefficient (Wildman–Crippen LogP) is 4.76. The molecule has 0 heterocycles. The molecule has 4 nitrogen and oxygen atoms in total. The fraction of sp³-hybridized carbons (Fsp3) is 0.222. The van der Waals surface area contributed by atoms with Gasteiger partial charge in [-0.05, 0) is 46.6 Å². The van der Waals surface area contributed by atoms with E-state index in [4.69, 9.17) is 9.47 Å². The summed E-state index contributed by atoms with van der Waals surface area (Å²) < 4.78 is 11.3. The van der Waals surface area contributed by atoms with E-state index in [1.807, 2.05) is 13.0 Å². The van der Waals surface area contributed by atoms with Gasteiger partial charge in [0.1, 0.15) is 0 Å². The van der Waals surface area contributed by atoms with Crippen LogP contribution in [0.2, 0.25) is 0 Å². The predicted molar refractivity (Wildman–Crippen MR) is 90.7 cm³/mol. The number of rotatable bonds is 6. The maximum absolute atomic E-state index is 12.3. The SMILES string of the molecule is CCCCC(=O)Oc1ccccc1OC(=O)c1ccccc1Br. The number of hydrogen-bond acceptors (Lipinski definition) is 4. The lowest BCUT2D eigenvalue weighted by Gasteiger charge is -2.10. The van der Waals surface area contributed by atoms with E-state index in [-0.39, 0.29) is 17.5 Å². The van der Waals surface area contributed by atoms with Crippen molar-refractivity contribution < 1.29 is 19.1 Å². The van der Waals surface area contributed by atoms with Crippen molar-refractivity contribution in [3.8, 4) is 11.5 Å². The van der Waals surface area contributed by atoms with Gasteiger partial charge in [0.2, 0.25) is 0 Å². The molecule has 0 N–H and O–H groups in total. The molecule has 0 saturated heterocycles. The van der Waals surface area contributed by atoms with Crippen molar-refractivity contribution in [2.24, 2.45) is 0 Å². The number of carbonyl (C=O) groups is 2. The summed E-state index contributed by atoms with van der Waals surface area (Å²) in [4.78, 5) is 24.0. The normalized spacial score (nSPS) is 10.2. The molecule has 0 fully saturated rings. The first-order valence-corrected chi connectivity index (χ1v) is 8.17. The summed E-state index contributed by atoms with van der Waals surface area (Å²) >= 11 is 3.31. The van der Waals surface area contributed by atoms with Crippen molar-refractivity contribution in [1.29, 1.82) is 0 Å². The van der Waals surface area contributed by atoms with Crippen molar-refractivity contribution in [2.45, 2.75) is 26.2 Å². The average molecular weight is 377 g/mol. The second-order valence-corrected chi connectivity index (χ2v) is 5.75. The van der Waals surface area contributed by atoms with Gasteiger partial charge in [0, 0.05) is 10.9 Å². The number of esters is 2. The quantitative estimate of drug-likeness (QED) is 0.538. The highest BCUT2D eigenvalue weighted by molar-refractivity contribution is 9.10. The summed E-state index contributed by atoms with van der Waals surface area (Å²) in [5.41, 5.74) is 0.402. The summed E-state index contributed by atoms with van der Waals surface area (Å²) in [6.45, 7) is 2.00. The molecule has 2 rings (SSSR count). The van der Waals surface area contributed by atoms with E-state index >= 15 is 0 Å². The summed E-state index contributed by atoms with van der Waals surface area (Å²) in [7, 11) is 0. The van der Waals surface area contributed by atoms with E-state index < -0.39 is 5.97 Å². The molecular formula is C18H17BrO4. The van der Waals surface area contributed by atoms with Crippen LogP contribution in [0.3, 0.4) is 0 Å². The van der Waals surface area contributed by atoms with Gasteiger partial charge >= 0.3 is 11.9 Å². The lowest BCUT2D eigenvalue weighted by atomic mass is 10.2. The Bertz CT molecular complexity index is 697. The van der Waals surface area contributed by atoms with Crippen LogP contribution in [-0.2, 0) is 4.79 Å². The van der Waals surface area contributed by atoms with E-state index in [2.05, 4.69) is 15.9 Å². The topological polar surface area (TPSA) is 52.6 Å². The van der Waals surface area contributed by atoms with E-state index in [1.165, 1.54) is 0 Å². The minimum Gasteiger partial charge on any atom is -0.423 e. The van der Waals surface area contributed by atoms with Gasteiger partial charge in [-0.3, -0.25) is 4.79 Å². The first-order chi connectivity index (χ1) is 11.1. The Morgan fingerprint density at radius 3 is 2.22 bits per heavy atom. The third-order valence-corrected chi connectivity index (χ3v) is 3.80. The second kappa shape index (κ2) is 8.48. The van der Waals surface area contributed by atoms with Crippen molar-refractivity contribution >= 4 is 27.9 Å². The standard InChI is InChI=1S/C18H17BrO4/c1-2-3-12-17(20)22-15-10-6-7-11-16(15)23-18(21)13-8-4-5-9-14(13)19/h4-11H,2-3,12H2,1H3. The zero-order valence-electron chi connectivity index (χ0n) is 12.8. The van der Waals surface area contributed by atoms with Crippen LogP contribution in [0.25, 0.3) is 0 Å². The summed E-state index contributed by atoms with van der Waals surface area (Å²) in [5, 5.41) is 0. The molecule has 0 saturated carbocycles.